The van der Waals surface area contributed by atoms with Crippen molar-refractivity contribution in [2.24, 2.45) is 0 Å². The molecule has 0 aliphatic rings. The van der Waals surface area contributed by atoms with Crippen molar-refractivity contribution in [3.05, 3.63) is 65.2 Å². The second-order valence-electron chi connectivity index (χ2n) is 4.83. The number of carbonyl (C=O) groups is 1. The Bertz CT molecular complexity index is 599. The Hall–Kier alpha value is -1.78. The predicted octanol–water partition coefficient (Wildman–Crippen LogP) is 3.64. The molecule has 0 fully saturated rings. The molecule has 0 saturated heterocycles. The molecule has 0 aliphatic carbocycles. The van der Waals surface area contributed by atoms with Gasteiger partial charge in [0.05, 0.1) is 12.4 Å². The zero-order valence-electron chi connectivity index (χ0n) is 12.3. The minimum absolute atomic E-state index is 0.130. The summed E-state index contributed by atoms with van der Waals surface area (Å²) in [7, 11) is 0. The number of rotatable bonds is 6. The van der Waals surface area contributed by atoms with Gasteiger partial charge in [-0.15, -0.1) is 11.8 Å². The lowest BCUT2D eigenvalue weighted by Crippen LogP contribution is -2.25. The van der Waals surface area contributed by atoms with Crippen molar-refractivity contribution < 1.29 is 9.63 Å². The Morgan fingerprint density at radius 3 is 2.57 bits per heavy atom. The molecule has 0 aliphatic heterocycles. The number of thioether (sulfide) groups is 1. The highest BCUT2D eigenvalue weighted by atomic mass is 32.2. The highest BCUT2D eigenvalue weighted by Gasteiger charge is 2.04. The maximum Gasteiger partial charge on any atom is 0.253 e. The van der Waals surface area contributed by atoms with Crippen LogP contribution in [-0.4, -0.2) is 11.7 Å². The number of hydroxylamine groups is 1. The second kappa shape index (κ2) is 7.86. The maximum atomic E-state index is 11.7. The van der Waals surface area contributed by atoms with Gasteiger partial charge < -0.3 is 0 Å². The monoisotopic (exact) mass is 301 g/mol. The van der Waals surface area contributed by atoms with Crippen molar-refractivity contribution in [3.63, 3.8) is 0 Å². The first kappa shape index (κ1) is 15.6. The van der Waals surface area contributed by atoms with Crippen LogP contribution in [0.5, 0.6) is 0 Å². The molecule has 1 amide bonds. The lowest BCUT2D eigenvalue weighted by molar-refractivity contribution is -0.131. The molecule has 1 N–H and O–H groups in total. The van der Waals surface area contributed by atoms with Gasteiger partial charge >= 0.3 is 0 Å². The summed E-state index contributed by atoms with van der Waals surface area (Å²) in [5, 5.41) is 0. The van der Waals surface area contributed by atoms with Gasteiger partial charge in [-0.25, -0.2) is 5.48 Å². The van der Waals surface area contributed by atoms with E-state index in [9.17, 15) is 4.79 Å². The van der Waals surface area contributed by atoms with Crippen molar-refractivity contribution in [3.8, 4) is 0 Å². The van der Waals surface area contributed by atoms with Gasteiger partial charge in [-0.1, -0.05) is 36.4 Å². The van der Waals surface area contributed by atoms with Gasteiger partial charge in [0, 0.05) is 4.90 Å². The van der Waals surface area contributed by atoms with Gasteiger partial charge in [-0.2, -0.15) is 0 Å². The summed E-state index contributed by atoms with van der Waals surface area (Å²) in [6.07, 6.45) is 0. The van der Waals surface area contributed by atoms with Gasteiger partial charge in [-0.3, -0.25) is 9.63 Å². The fourth-order valence-corrected chi connectivity index (χ4v) is 2.54. The van der Waals surface area contributed by atoms with Gasteiger partial charge in [-0.05, 0) is 42.7 Å². The zero-order valence-corrected chi connectivity index (χ0v) is 13.1. The first-order valence-electron chi connectivity index (χ1n) is 6.80. The molecule has 2 aromatic rings. The van der Waals surface area contributed by atoms with E-state index in [0.29, 0.717) is 12.4 Å². The normalized spacial score (nSPS) is 10.4. The van der Waals surface area contributed by atoms with E-state index in [-0.39, 0.29) is 5.91 Å². The predicted molar refractivity (Wildman–Crippen MR) is 86.0 cm³/mol. The third-order valence-corrected chi connectivity index (χ3v) is 4.11. The first-order valence-corrected chi connectivity index (χ1v) is 7.78. The molecule has 0 saturated carbocycles. The van der Waals surface area contributed by atoms with Crippen LogP contribution in [0.2, 0.25) is 0 Å². The van der Waals surface area contributed by atoms with E-state index in [1.54, 1.807) is 0 Å². The van der Waals surface area contributed by atoms with Gasteiger partial charge in [0.2, 0.25) is 0 Å². The minimum atomic E-state index is -0.130. The molecular formula is C17H19NO2S. The van der Waals surface area contributed by atoms with Crippen LogP contribution in [0, 0.1) is 13.8 Å². The molecule has 0 spiro atoms. The molecule has 4 heteroatoms. The maximum absolute atomic E-state index is 11.7. The summed E-state index contributed by atoms with van der Waals surface area (Å²) < 4.78 is 0. The molecule has 21 heavy (non-hydrogen) atoms. The lowest BCUT2D eigenvalue weighted by Gasteiger charge is -2.07. The second-order valence-corrected chi connectivity index (χ2v) is 5.88. The standard InChI is InChI=1S/C17H19NO2S/c1-13-8-9-16(10-14(13)2)21-12-17(19)18-20-11-15-6-4-3-5-7-15/h3-10H,11-12H2,1-2H3,(H,18,19). The molecule has 0 atom stereocenters. The van der Waals surface area contributed by atoms with E-state index in [2.05, 4.69) is 31.5 Å². The molecular weight excluding hydrogens is 282 g/mol. The van der Waals surface area contributed by atoms with Gasteiger partial charge in [0.15, 0.2) is 0 Å². The highest BCUT2D eigenvalue weighted by molar-refractivity contribution is 8.00. The Kier molecular flexibility index (Phi) is 5.84. The summed E-state index contributed by atoms with van der Waals surface area (Å²) in [6, 6.07) is 15.9. The summed E-state index contributed by atoms with van der Waals surface area (Å²) in [6.45, 7) is 4.53. The van der Waals surface area contributed by atoms with Crippen molar-refractivity contribution in [2.45, 2.75) is 25.3 Å². The number of nitrogens with one attached hydrogen (secondary N) is 1. The average molecular weight is 301 g/mol. The van der Waals surface area contributed by atoms with Crippen molar-refractivity contribution in [2.75, 3.05) is 5.75 Å². The van der Waals surface area contributed by atoms with E-state index in [0.717, 1.165) is 10.5 Å². The summed E-state index contributed by atoms with van der Waals surface area (Å²) in [5.74, 6) is 0.214. The van der Waals surface area contributed by atoms with Crippen LogP contribution in [0.1, 0.15) is 16.7 Å². The van der Waals surface area contributed by atoms with E-state index in [4.69, 9.17) is 4.84 Å². The van der Waals surface area contributed by atoms with Crippen molar-refractivity contribution >= 4 is 17.7 Å². The highest BCUT2D eigenvalue weighted by Crippen LogP contribution is 2.20. The Morgan fingerprint density at radius 2 is 1.86 bits per heavy atom. The van der Waals surface area contributed by atoms with Gasteiger partial charge in [0.25, 0.3) is 5.91 Å². The number of amides is 1. The smallest absolute Gasteiger partial charge is 0.253 e. The minimum Gasteiger partial charge on any atom is -0.272 e. The number of benzene rings is 2. The number of carbonyl (C=O) groups excluding carboxylic acids is 1. The quantitative estimate of drug-likeness (QED) is 0.654. The fraction of sp³-hybridized carbons (Fsp3) is 0.235. The number of aryl methyl sites for hydroxylation is 2. The number of hydrogen-bond acceptors (Lipinski definition) is 3. The summed E-state index contributed by atoms with van der Waals surface area (Å²) >= 11 is 1.51. The van der Waals surface area contributed by atoms with E-state index >= 15 is 0 Å². The Morgan fingerprint density at radius 1 is 1.10 bits per heavy atom. The molecule has 3 nitrogen and oxygen atoms in total. The number of hydrogen-bond donors (Lipinski definition) is 1. The summed E-state index contributed by atoms with van der Waals surface area (Å²) in [5.41, 5.74) is 5.99. The summed E-state index contributed by atoms with van der Waals surface area (Å²) in [4.78, 5) is 18.0. The molecule has 110 valence electrons. The van der Waals surface area contributed by atoms with Gasteiger partial charge in [0.1, 0.15) is 0 Å². The topological polar surface area (TPSA) is 38.3 Å². The Balaban J connectivity index is 1.71. The van der Waals surface area contributed by atoms with Crippen LogP contribution >= 0.6 is 11.8 Å². The van der Waals surface area contributed by atoms with Crippen LogP contribution in [-0.2, 0) is 16.2 Å². The third-order valence-electron chi connectivity index (χ3n) is 3.12. The molecule has 2 aromatic carbocycles. The van der Waals surface area contributed by atoms with E-state index in [1.807, 2.05) is 36.4 Å². The third kappa shape index (κ3) is 5.25. The fourth-order valence-electron chi connectivity index (χ4n) is 1.76. The van der Waals surface area contributed by atoms with Crippen molar-refractivity contribution in [1.29, 1.82) is 0 Å². The Labute approximate surface area is 129 Å². The molecule has 0 heterocycles. The van der Waals surface area contributed by atoms with Crippen molar-refractivity contribution in [1.82, 2.24) is 5.48 Å². The molecule has 0 unspecified atom stereocenters. The van der Waals surface area contributed by atoms with E-state index in [1.165, 1.54) is 22.9 Å². The molecule has 0 radical (unpaired) electrons. The van der Waals surface area contributed by atoms with Crippen LogP contribution in [0.3, 0.4) is 0 Å². The van der Waals surface area contributed by atoms with Crippen LogP contribution in [0.15, 0.2) is 53.4 Å². The van der Waals surface area contributed by atoms with E-state index < -0.39 is 0 Å². The zero-order chi connectivity index (χ0) is 15.1. The van der Waals surface area contributed by atoms with Crippen LogP contribution in [0.25, 0.3) is 0 Å². The average Bonchev–Trinajstić information content (AvgIpc) is 2.49. The molecule has 0 bridgehead atoms. The lowest BCUT2D eigenvalue weighted by atomic mass is 10.1. The molecule has 0 aromatic heterocycles. The molecule has 2 rings (SSSR count). The first-order chi connectivity index (χ1) is 10.1. The van der Waals surface area contributed by atoms with Crippen LogP contribution in [0.4, 0.5) is 0 Å². The van der Waals surface area contributed by atoms with Crippen LogP contribution < -0.4 is 5.48 Å². The SMILES string of the molecule is Cc1ccc(SCC(=O)NOCc2ccccc2)cc1C. The largest absolute Gasteiger partial charge is 0.272 e.